The molecule has 0 aliphatic carbocycles. The van der Waals surface area contributed by atoms with Gasteiger partial charge >= 0.3 is 0 Å². The maximum Gasteiger partial charge on any atom is 0.219 e. The van der Waals surface area contributed by atoms with Gasteiger partial charge in [-0.05, 0) is 19.9 Å². The largest absolute Gasteiger partial charge is 0.476 e. The molecule has 0 spiro atoms. The molecular weight excluding hydrogens is 226 g/mol. The molecule has 0 bridgehead atoms. The molecule has 4 nitrogen and oxygen atoms in total. The Morgan fingerprint density at radius 2 is 2.38 bits per heavy atom. The first-order chi connectivity index (χ1) is 7.66. The van der Waals surface area contributed by atoms with Crippen molar-refractivity contribution in [2.45, 2.75) is 26.4 Å². The zero-order valence-electron chi connectivity index (χ0n) is 9.51. The number of pyridine rings is 1. The van der Waals surface area contributed by atoms with Crippen LogP contribution in [0.15, 0.2) is 6.07 Å². The van der Waals surface area contributed by atoms with E-state index < -0.39 is 0 Å². The monoisotopic (exact) mass is 241 g/mol. The van der Waals surface area contributed by atoms with Gasteiger partial charge in [-0.15, -0.1) is 0 Å². The van der Waals surface area contributed by atoms with Gasteiger partial charge in [0.05, 0.1) is 5.02 Å². The lowest BCUT2D eigenvalue weighted by Gasteiger charge is -2.13. The van der Waals surface area contributed by atoms with Gasteiger partial charge in [0.2, 0.25) is 5.88 Å². The van der Waals surface area contributed by atoms with Crippen LogP contribution in [-0.2, 0) is 6.54 Å². The first-order valence-corrected chi connectivity index (χ1v) is 5.84. The number of fused-ring (bicyclic) bond motifs is 1. The third-order valence-electron chi connectivity index (χ3n) is 2.27. The molecule has 2 N–H and O–H groups in total. The Kier molecular flexibility index (Phi) is 3.51. The van der Waals surface area contributed by atoms with E-state index in [2.05, 4.69) is 15.6 Å². The van der Waals surface area contributed by atoms with Crippen molar-refractivity contribution >= 4 is 17.4 Å². The van der Waals surface area contributed by atoms with Crippen molar-refractivity contribution in [1.82, 2.24) is 10.3 Å². The van der Waals surface area contributed by atoms with E-state index in [1.165, 1.54) is 0 Å². The highest BCUT2D eigenvalue weighted by atomic mass is 35.5. The van der Waals surface area contributed by atoms with Crippen molar-refractivity contribution in [3.63, 3.8) is 0 Å². The number of anilines is 1. The van der Waals surface area contributed by atoms with Gasteiger partial charge in [0.1, 0.15) is 12.4 Å². The summed E-state index contributed by atoms with van der Waals surface area (Å²) in [6.45, 7) is 6.33. The SMILES string of the molecule is CC(C)Nc1nc2c(cc1Cl)CNCCO2. The molecule has 0 saturated heterocycles. The summed E-state index contributed by atoms with van der Waals surface area (Å²) in [5.74, 6) is 1.37. The highest BCUT2D eigenvalue weighted by Crippen LogP contribution is 2.28. The topological polar surface area (TPSA) is 46.2 Å². The number of nitrogens with zero attached hydrogens (tertiary/aromatic N) is 1. The van der Waals surface area contributed by atoms with Crippen LogP contribution in [0.3, 0.4) is 0 Å². The number of hydrogen-bond acceptors (Lipinski definition) is 4. The minimum atomic E-state index is 0.298. The molecule has 16 heavy (non-hydrogen) atoms. The predicted octanol–water partition coefficient (Wildman–Crippen LogP) is 2.04. The molecule has 0 amide bonds. The number of hydrogen-bond donors (Lipinski definition) is 2. The third-order valence-corrected chi connectivity index (χ3v) is 2.56. The van der Waals surface area contributed by atoms with Crippen LogP contribution in [0.2, 0.25) is 5.02 Å². The minimum Gasteiger partial charge on any atom is -0.476 e. The zero-order chi connectivity index (χ0) is 11.5. The van der Waals surface area contributed by atoms with Crippen LogP contribution in [0.1, 0.15) is 19.4 Å². The van der Waals surface area contributed by atoms with Crippen molar-refractivity contribution in [2.24, 2.45) is 0 Å². The molecule has 1 aliphatic rings. The van der Waals surface area contributed by atoms with E-state index in [1.807, 2.05) is 19.9 Å². The van der Waals surface area contributed by atoms with E-state index in [-0.39, 0.29) is 0 Å². The highest BCUT2D eigenvalue weighted by Gasteiger charge is 2.14. The summed E-state index contributed by atoms with van der Waals surface area (Å²) in [5.41, 5.74) is 1.01. The van der Waals surface area contributed by atoms with Gasteiger partial charge in [-0.2, -0.15) is 4.98 Å². The molecule has 0 aromatic carbocycles. The highest BCUT2D eigenvalue weighted by molar-refractivity contribution is 6.33. The fraction of sp³-hybridized carbons (Fsp3) is 0.545. The molecule has 2 rings (SSSR count). The van der Waals surface area contributed by atoms with Gasteiger partial charge in [0.15, 0.2) is 0 Å². The molecular formula is C11H16ClN3O. The zero-order valence-corrected chi connectivity index (χ0v) is 10.3. The smallest absolute Gasteiger partial charge is 0.219 e. The van der Waals surface area contributed by atoms with Crippen LogP contribution in [0.25, 0.3) is 0 Å². The van der Waals surface area contributed by atoms with Crippen molar-refractivity contribution < 1.29 is 4.74 Å². The van der Waals surface area contributed by atoms with E-state index >= 15 is 0 Å². The van der Waals surface area contributed by atoms with Crippen molar-refractivity contribution in [3.05, 3.63) is 16.7 Å². The number of rotatable bonds is 2. The summed E-state index contributed by atoms with van der Waals surface area (Å²) in [7, 11) is 0. The molecule has 0 unspecified atom stereocenters. The maximum absolute atomic E-state index is 6.15. The average molecular weight is 242 g/mol. The van der Waals surface area contributed by atoms with E-state index in [1.54, 1.807) is 0 Å². The Hall–Kier alpha value is -1.00. The van der Waals surface area contributed by atoms with Crippen molar-refractivity contribution in [3.8, 4) is 5.88 Å². The second kappa shape index (κ2) is 4.89. The lowest BCUT2D eigenvalue weighted by atomic mass is 10.2. The predicted molar refractivity (Wildman–Crippen MR) is 65.2 cm³/mol. The van der Waals surface area contributed by atoms with E-state index in [0.717, 1.165) is 18.7 Å². The standard InChI is InChI=1S/C11H16ClN3O/c1-7(2)14-10-9(12)5-8-6-13-3-4-16-11(8)15-10/h5,7,13H,3-4,6H2,1-2H3,(H,14,15). The normalized spacial score (nSPS) is 15.2. The fourth-order valence-electron chi connectivity index (χ4n) is 1.58. The number of ether oxygens (including phenoxy) is 1. The van der Waals surface area contributed by atoms with E-state index in [9.17, 15) is 0 Å². The molecule has 5 heteroatoms. The quantitative estimate of drug-likeness (QED) is 0.832. The molecule has 0 radical (unpaired) electrons. The van der Waals surface area contributed by atoms with Gasteiger partial charge in [0, 0.05) is 24.7 Å². The molecule has 1 aromatic heterocycles. The lowest BCUT2D eigenvalue weighted by Crippen LogP contribution is -2.16. The average Bonchev–Trinajstić information content (AvgIpc) is 2.42. The van der Waals surface area contributed by atoms with Crippen molar-refractivity contribution in [2.75, 3.05) is 18.5 Å². The maximum atomic E-state index is 6.15. The summed E-state index contributed by atoms with van der Waals surface area (Å²) >= 11 is 6.15. The first-order valence-electron chi connectivity index (χ1n) is 5.46. The van der Waals surface area contributed by atoms with Crippen LogP contribution in [0, 0.1) is 0 Å². The number of aromatic nitrogens is 1. The van der Waals surface area contributed by atoms with Crippen LogP contribution in [-0.4, -0.2) is 24.2 Å². The molecule has 0 fully saturated rings. The van der Waals surface area contributed by atoms with Crippen molar-refractivity contribution in [1.29, 1.82) is 0 Å². The minimum absolute atomic E-state index is 0.298. The van der Waals surface area contributed by atoms with Gasteiger partial charge in [-0.1, -0.05) is 11.6 Å². The van der Waals surface area contributed by atoms with E-state index in [4.69, 9.17) is 16.3 Å². The molecule has 1 aliphatic heterocycles. The van der Waals surface area contributed by atoms with Crippen LogP contribution < -0.4 is 15.4 Å². The summed E-state index contributed by atoms with van der Waals surface area (Å²) in [5, 5.41) is 7.09. The molecule has 0 atom stereocenters. The first kappa shape index (κ1) is 11.5. The van der Waals surface area contributed by atoms with Gasteiger partial charge in [-0.25, -0.2) is 0 Å². The Labute approximate surface area is 100 Å². The second-order valence-corrected chi connectivity index (χ2v) is 4.51. The van der Waals surface area contributed by atoms with Crippen LogP contribution in [0.4, 0.5) is 5.82 Å². The van der Waals surface area contributed by atoms with Gasteiger partial charge in [-0.3, -0.25) is 0 Å². The van der Waals surface area contributed by atoms with Gasteiger partial charge in [0.25, 0.3) is 0 Å². The number of nitrogens with one attached hydrogen (secondary N) is 2. The van der Waals surface area contributed by atoms with Gasteiger partial charge < -0.3 is 15.4 Å². The Bertz CT molecular complexity index is 382. The Morgan fingerprint density at radius 1 is 1.56 bits per heavy atom. The van der Waals surface area contributed by atoms with Crippen LogP contribution >= 0.6 is 11.6 Å². The van der Waals surface area contributed by atoms with Crippen LogP contribution in [0.5, 0.6) is 5.88 Å². The Morgan fingerprint density at radius 3 is 3.12 bits per heavy atom. The second-order valence-electron chi connectivity index (χ2n) is 4.11. The molecule has 1 aromatic rings. The molecule has 88 valence electrons. The third kappa shape index (κ3) is 2.57. The Balaban J connectivity index is 2.31. The summed E-state index contributed by atoms with van der Waals surface area (Å²) in [6.07, 6.45) is 0. The molecule has 2 heterocycles. The molecule has 0 saturated carbocycles. The van der Waals surface area contributed by atoms with E-state index in [0.29, 0.717) is 29.4 Å². The number of halogens is 1. The lowest BCUT2D eigenvalue weighted by molar-refractivity contribution is 0.314. The summed E-state index contributed by atoms with van der Waals surface area (Å²) in [6, 6.07) is 2.21. The summed E-state index contributed by atoms with van der Waals surface area (Å²) < 4.78 is 5.55. The fourth-order valence-corrected chi connectivity index (χ4v) is 1.81. The summed E-state index contributed by atoms with van der Waals surface area (Å²) in [4.78, 5) is 4.41.